The molecule has 8 atom stereocenters. The Morgan fingerprint density at radius 2 is 1.94 bits per heavy atom. The fourth-order valence-corrected chi connectivity index (χ4v) is 7.71. The van der Waals surface area contributed by atoms with Gasteiger partial charge >= 0.3 is 0 Å². The summed E-state index contributed by atoms with van der Waals surface area (Å²) in [5.74, 6) is 1.09. The van der Waals surface area contributed by atoms with Crippen LogP contribution in [0.15, 0.2) is 30.3 Å². The number of fused-ring (bicyclic) bond motifs is 3. The topological polar surface area (TPSA) is 88.5 Å². The van der Waals surface area contributed by atoms with Crippen LogP contribution >= 0.6 is 0 Å². The van der Waals surface area contributed by atoms with Gasteiger partial charge in [-0.15, -0.1) is 0 Å². The SMILES string of the molecule is C[C@@]12CO[C@@H](COc3ccccc3)O[C@@H]1CC[C@]1(C)C2CC[C@@H](O)[C@H]1CC(=O)N1CCC[C@H]1CO. The van der Waals surface area contributed by atoms with Crippen LogP contribution in [0.4, 0.5) is 0 Å². The van der Waals surface area contributed by atoms with Gasteiger partial charge in [0, 0.05) is 18.4 Å². The second-order valence-electron chi connectivity index (χ2n) is 11.6. The van der Waals surface area contributed by atoms with E-state index in [-0.39, 0.29) is 41.4 Å². The molecule has 2 N–H and O–H groups in total. The summed E-state index contributed by atoms with van der Waals surface area (Å²) in [4.78, 5) is 15.1. The number of para-hydroxylation sites is 1. The van der Waals surface area contributed by atoms with Crippen molar-refractivity contribution < 1.29 is 29.2 Å². The highest BCUT2D eigenvalue weighted by Crippen LogP contribution is 2.62. The number of aliphatic hydroxyl groups excluding tert-OH is 2. The molecule has 35 heavy (non-hydrogen) atoms. The summed E-state index contributed by atoms with van der Waals surface area (Å²) in [7, 11) is 0. The zero-order chi connectivity index (χ0) is 24.6. The molecule has 2 aliphatic carbocycles. The normalized spacial score (nSPS) is 41.2. The Labute approximate surface area is 208 Å². The molecule has 0 aromatic heterocycles. The van der Waals surface area contributed by atoms with Gasteiger partial charge in [0.05, 0.1) is 31.5 Å². The minimum Gasteiger partial charge on any atom is -0.488 e. The second-order valence-corrected chi connectivity index (χ2v) is 11.6. The standard InChI is InChI=1S/C28H41NO6/c1-27-13-12-24-28(2,18-34-26(35-24)17-33-20-8-4-3-5-9-20)23(27)11-10-22(31)21(27)15-25(32)29-14-6-7-19(29)16-30/h3-5,8-9,19,21-24,26,30-31H,6-7,10-18H2,1-2H3/t19-,21+,22+,23?,24+,26+,27-,28-/m0/s1. The molecule has 1 unspecified atom stereocenters. The van der Waals surface area contributed by atoms with Crippen LogP contribution < -0.4 is 4.74 Å². The molecule has 1 aromatic rings. The molecule has 0 radical (unpaired) electrons. The number of likely N-dealkylation sites (tertiary alicyclic amines) is 1. The van der Waals surface area contributed by atoms with Crippen molar-refractivity contribution in [1.29, 1.82) is 0 Å². The molecule has 2 aliphatic heterocycles. The Bertz CT molecular complexity index is 881. The van der Waals surface area contributed by atoms with Gasteiger partial charge in [-0.05, 0) is 67.9 Å². The van der Waals surface area contributed by atoms with Crippen LogP contribution in [-0.4, -0.2) is 71.9 Å². The van der Waals surface area contributed by atoms with Crippen molar-refractivity contribution in [1.82, 2.24) is 4.90 Å². The number of nitrogens with zero attached hydrogens (tertiary/aromatic N) is 1. The molecule has 2 heterocycles. The van der Waals surface area contributed by atoms with Gasteiger partial charge in [-0.2, -0.15) is 0 Å². The van der Waals surface area contributed by atoms with E-state index in [1.54, 1.807) is 0 Å². The first-order valence-electron chi connectivity index (χ1n) is 13.4. The molecular formula is C28H41NO6. The van der Waals surface area contributed by atoms with E-state index in [1.807, 2.05) is 35.2 Å². The van der Waals surface area contributed by atoms with Gasteiger partial charge in [0.15, 0.2) is 6.29 Å². The number of hydrogen-bond acceptors (Lipinski definition) is 6. The molecule has 1 aromatic carbocycles. The molecular weight excluding hydrogens is 446 g/mol. The minimum absolute atomic E-state index is 0.0163. The zero-order valence-electron chi connectivity index (χ0n) is 21.1. The molecule has 0 bridgehead atoms. The lowest BCUT2D eigenvalue weighted by Crippen LogP contribution is -2.63. The summed E-state index contributed by atoms with van der Waals surface area (Å²) in [5.41, 5.74) is -0.327. The van der Waals surface area contributed by atoms with E-state index >= 15 is 0 Å². The molecule has 194 valence electrons. The first-order valence-corrected chi connectivity index (χ1v) is 13.4. The predicted octanol–water partition coefficient (Wildman–Crippen LogP) is 3.37. The number of rotatable bonds is 6. The summed E-state index contributed by atoms with van der Waals surface area (Å²) in [6, 6.07) is 9.64. The average molecular weight is 488 g/mol. The number of carbonyl (C=O) groups is 1. The first kappa shape index (κ1) is 25.0. The quantitative estimate of drug-likeness (QED) is 0.640. The molecule has 7 heteroatoms. The van der Waals surface area contributed by atoms with E-state index in [9.17, 15) is 15.0 Å². The van der Waals surface area contributed by atoms with Crippen LogP contribution in [0, 0.1) is 22.7 Å². The molecule has 4 fully saturated rings. The smallest absolute Gasteiger partial charge is 0.223 e. The highest BCUT2D eigenvalue weighted by Gasteiger charge is 2.61. The van der Waals surface area contributed by atoms with Crippen LogP contribution in [0.25, 0.3) is 0 Å². The summed E-state index contributed by atoms with van der Waals surface area (Å²) in [6.45, 7) is 6.22. The predicted molar refractivity (Wildman–Crippen MR) is 131 cm³/mol. The van der Waals surface area contributed by atoms with Crippen molar-refractivity contribution in [3.8, 4) is 5.75 Å². The zero-order valence-corrected chi connectivity index (χ0v) is 21.1. The van der Waals surface area contributed by atoms with Crippen molar-refractivity contribution >= 4 is 5.91 Å². The molecule has 0 spiro atoms. The molecule has 1 amide bonds. The monoisotopic (exact) mass is 487 g/mol. The van der Waals surface area contributed by atoms with Crippen molar-refractivity contribution in [2.45, 2.75) is 83.3 Å². The van der Waals surface area contributed by atoms with Crippen LogP contribution in [0.5, 0.6) is 5.75 Å². The summed E-state index contributed by atoms with van der Waals surface area (Å²) >= 11 is 0. The third-order valence-electron chi connectivity index (χ3n) is 9.66. The van der Waals surface area contributed by atoms with Crippen LogP contribution in [-0.2, 0) is 14.3 Å². The first-order chi connectivity index (χ1) is 16.8. The van der Waals surface area contributed by atoms with E-state index in [0.29, 0.717) is 38.5 Å². The van der Waals surface area contributed by atoms with Crippen molar-refractivity contribution in [3.63, 3.8) is 0 Å². The van der Waals surface area contributed by atoms with Crippen LogP contribution in [0.3, 0.4) is 0 Å². The number of benzene rings is 1. The Morgan fingerprint density at radius 1 is 1.14 bits per heavy atom. The maximum absolute atomic E-state index is 13.3. The fourth-order valence-electron chi connectivity index (χ4n) is 7.71. The van der Waals surface area contributed by atoms with Gasteiger partial charge in [0.2, 0.25) is 5.91 Å². The Hall–Kier alpha value is -1.67. The highest BCUT2D eigenvalue weighted by atomic mass is 16.7. The van der Waals surface area contributed by atoms with Gasteiger partial charge in [-0.1, -0.05) is 32.0 Å². The van der Waals surface area contributed by atoms with Gasteiger partial charge in [-0.25, -0.2) is 0 Å². The number of carbonyl (C=O) groups excluding carboxylic acids is 1. The van der Waals surface area contributed by atoms with Crippen LogP contribution in [0.1, 0.15) is 58.8 Å². The Morgan fingerprint density at radius 3 is 2.71 bits per heavy atom. The molecule has 2 saturated heterocycles. The lowest BCUT2D eigenvalue weighted by Gasteiger charge is -2.63. The largest absolute Gasteiger partial charge is 0.488 e. The average Bonchev–Trinajstić information content (AvgIpc) is 3.34. The van der Waals surface area contributed by atoms with Crippen LogP contribution in [0.2, 0.25) is 0 Å². The Kier molecular flexibility index (Phi) is 7.14. The van der Waals surface area contributed by atoms with Gasteiger partial charge in [-0.3, -0.25) is 4.79 Å². The number of aliphatic hydroxyl groups is 2. The van der Waals surface area contributed by atoms with Crippen molar-refractivity contribution in [2.75, 3.05) is 26.4 Å². The Balaban J connectivity index is 1.27. The number of amides is 1. The second kappa shape index (κ2) is 10.0. The molecule has 5 rings (SSSR count). The summed E-state index contributed by atoms with van der Waals surface area (Å²) < 4.78 is 18.5. The van der Waals surface area contributed by atoms with E-state index in [4.69, 9.17) is 14.2 Å². The molecule has 2 saturated carbocycles. The van der Waals surface area contributed by atoms with Gasteiger partial charge < -0.3 is 29.3 Å². The number of ether oxygens (including phenoxy) is 3. The molecule has 7 nitrogen and oxygen atoms in total. The fraction of sp³-hybridized carbons (Fsp3) is 0.750. The van der Waals surface area contributed by atoms with Gasteiger partial charge in [0.1, 0.15) is 12.4 Å². The van der Waals surface area contributed by atoms with Crippen molar-refractivity contribution in [2.24, 2.45) is 22.7 Å². The highest BCUT2D eigenvalue weighted by molar-refractivity contribution is 5.77. The lowest BCUT2D eigenvalue weighted by molar-refractivity contribution is -0.313. The third-order valence-corrected chi connectivity index (χ3v) is 9.66. The number of hydrogen-bond donors (Lipinski definition) is 2. The summed E-state index contributed by atoms with van der Waals surface area (Å²) in [5, 5.41) is 20.8. The maximum atomic E-state index is 13.3. The van der Waals surface area contributed by atoms with E-state index in [2.05, 4.69) is 13.8 Å². The van der Waals surface area contributed by atoms with Crippen molar-refractivity contribution in [3.05, 3.63) is 30.3 Å². The lowest BCUT2D eigenvalue weighted by atomic mass is 9.46. The molecule has 4 aliphatic rings. The minimum atomic E-state index is -0.479. The van der Waals surface area contributed by atoms with Gasteiger partial charge in [0.25, 0.3) is 0 Å². The third kappa shape index (κ3) is 4.61. The van der Waals surface area contributed by atoms with E-state index in [1.165, 1.54) is 0 Å². The van der Waals surface area contributed by atoms with E-state index < -0.39 is 12.4 Å². The summed E-state index contributed by atoms with van der Waals surface area (Å²) in [6.07, 6.45) is 4.76. The van der Waals surface area contributed by atoms with E-state index in [0.717, 1.165) is 37.9 Å². The maximum Gasteiger partial charge on any atom is 0.223 e.